The summed E-state index contributed by atoms with van der Waals surface area (Å²) in [7, 11) is -3.19. The van der Waals surface area contributed by atoms with E-state index in [2.05, 4.69) is 63.7 Å². The number of amides is 1. The number of rotatable bonds is 12. The van der Waals surface area contributed by atoms with Crippen LogP contribution >= 0.6 is 23.2 Å². The molecule has 2 fully saturated rings. The summed E-state index contributed by atoms with van der Waals surface area (Å²) in [6, 6.07) is 5.57. The van der Waals surface area contributed by atoms with Crippen molar-refractivity contribution in [3.05, 3.63) is 34.7 Å². The van der Waals surface area contributed by atoms with Crippen molar-refractivity contribution in [2.45, 2.75) is 148 Å². The second kappa shape index (κ2) is 15.3. The van der Waals surface area contributed by atoms with E-state index in [0.29, 0.717) is 42.1 Å². The molecule has 1 aromatic carbocycles. The summed E-state index contributed by atoms with van der Waals surface area (Å²) in [4.78, 5) is 25.3. The highest BCUT2D eigenvalue weighted by atomic mass is 35.5. The maximum Gasteiger partial charge on any atom is 0.407 e. The number of aromatic nitrogens is 5. The van der Waals surface area contributed by atoms with Crippen molar-refractivity contribution in [2.75, 3.05) is 18.1 Å². The molecule has 1 N–H and O–H groups in total. The van der Waals surface area contributed by atoms with E-state index in [9.17, 15) is 4.79 Å². The lowest BCUT2D eigenvalue weighted by atomic mass is 9.97. The van der Waals surface area contributed by atoms with Crippen LogP contribution in [0.3, 0.4) is 0 Å². The summed E-state index contributed by atoms with van der Waals surface area (Å²) < 4.78 is 22.1. The lowest BCUT2D eigenvalue weighted by molar-refractivity contribution is 0.0492. The third-order valence-electron chi connectivity index (χ3n) is 11.1. The van der Waals surface area contributed by atoms with Crippen molar-refractivity contribution in [1.82, 2.24) is 29.6 Å². The minimum absolute atomic E-state index is 0.0541. The zero-order chi connectivity index (χ0) is 39.4. The Hall–Kier alpha value is -2.69. The molecule has 2 unspecified atom stereocenters. The maximum absolute atomic E-state index is 12.6. The van der Waals surface area contributed by atoms with Crippen LogP contribution in [0, 0.1) is 0 Å². The molecule has 2 aliphatic rings. The van der Waals surface area contributed by atoms with Gasteiger partial charge in [0.2, 0.25) is 0 Å². The minimum Gasteiger partial charge on any atom is -0.444 e. The number of carbonyl (C=O) groups is 1. The fourth-order valence-corrected chi connectivity index (χ4v) is 9.76. The number of anilines is 1. The van der Waals surface area contributed by atoms with Crippen molar-refractivity contribution in [3.63, 3.8) is 0 Å². The number of ether oxygens (including phenoxy) is 2. The summed E-state index contributed by atoms with van der Waals surface area (Å²) in [5.41, 5.74) is 3.35. The van der Waals surface area contributed by atoms with Crippen LogP contribution in [0.4, 0.5) is 10.6 Å². The summed E-state index contributed by atoms with van der Waals surface area (Å²) in [5.74, 6) is 0.838. The predicted octanol–water partition coefficient (Wildman–Crippen LogP) is 10.1. The quantitative estimate of drug-likeness (QED) is 0.111. The first-order valence-corrected chi connectivity index (χ1v) is 26.7. The third-order valence-corrected chi connectivity index (χ3v) is 18.2. The van der Waals surface area contributed by atoms with E-state index in [4.69, 9.17) is 52.2 Å². The van der Waals surface area contributed by atoms with Gasteiger partial charge in [0.25, 0.3) is 0 Å². The van der Waals surface area contributed by atoms with Gasteiger partial charge in [-0.05, 0) is 76.7 Å². The van der Waals surface area contributed by atoms with E-state index < -0.39 is 22.0 Å². The molecule has 2 atom stereocenters. The molecule has 6 rings (SSSR count). The van der Waals surface area contributed by atoms with Gasteiger partial charge in [-0.25, -0.2) is 14.8 Å². The van der Waals surface area contributed by atoms with Gasteiger partial charge in [-0.3, -0.25) is 4.68 Å². The Bertz CT molecular complexity index is 1980. The Kier molecular flexibility index (Phi) is 11.6. The normalized spacial score (nSPS) is 19.6. The fraction of sp³-hybridized carbons (Fsp3) is 0.641. The number of alkyl carbamates (subject to hydrolysis) is 1. The largest absolute Gasteiger partial charge is 0.444 e. The molecule has 2 bridgehead atoms. The highest BCUT2D eigenvalue weighted by Gasteiger charge is 2.43. The molecule has 0 radical (unpaired) electrons. The first-order valence-electron chi connectivity index (χ1n) is 19.3. The minimum atomic E-state index is -1.92. The highest BCUT2D eigenvalue weighted by Crippen LogP contribution is 2.43. The van der Waals surface area contributed by atoms with Crippen LogP contribution in [0.25, 0.3) is 33.2 Å². The number of carbonyl (C=O) groups excluding carboxylic acids is 1. The monoisotopic (exact) mass is 815 g/mol. The van der Waals surface area contributed by atoms with E-state index in [1.54, 1.807) is 4.68 Å². The van der Waals surface area contributed by atoms with Crippen LogP contribution < -0.4 is 10.2 Å². The van der Waals surface area contributed by atoms with Gasteiger partial charge >= 0.3 is 6.09 Å². The second-order valence-electron chi connectivity index (χ2n) is 18.8. The van der Waals surface area contributed by atoms with Crippen molar-refractivity contribution < 1.29 is 18.7 Å². The molecule has 15 heteroatoms. The number of nitrogens with one attached hydrogen (secondary N) is 1. The molecule has 2 aliphatic heterocycles. The molecule has 0 aliphatic carbocycles. The lowest BCUT2D eigenvalue weighted by Gasteiger charge is -2.39. The van der Waals surface area contributed by atoms with Crippen LogP contribution in [0.1, 0.15) is 67.2 Å². The van der Waals surface area contributed by atoms with E-state index in [-0.39, 0.29) is 29.3 Å². The van der Waals surface area contributed by atoms with Gasteiger partial charge in [0, 0.05) is 50.1 Å². The van der Waals surface area contributed by atoms with Crippen LogP contribution in [-0.2, 0) is 27.2 Å². The topological polar surface area (TPSA) is 109 Å². The number of benzene rings is 1. The summed E-state index contributed by atoms with van der Waals surface area (Å²) in [5, 5.41) is 9.75. The molecule has 11 nitrogen and oxygen atoms in total. The van der Waals surface area contributed by atoms with E-state index in [1.165, 1.54) is 0 Å². The summed E-state index contributed by atoms with van der Waals surface area (Å²) >= 11 is 14.2. The number of piperidine rings is 1. The third kappa shape index (κ3) is 8.96. The molecule has 2 saturated heterocycles. The average Bonchev–Trinajstić information content (AvgIpc) is 3.66. The van der Waals surface area contributed by atoms with Gasteiger partial charge in [0.05, 0.1) is 35.3 Å². The molecule has 296 valence electrons. The van der Waals surface area contributed by atoms with Crippen LogP contribution in [-0.4, -0.2) is 83.7 Å². The van der Waals surface area contributed by atoms with E-state index in [1.807, 2.05) is 49.9 Å². The predicted molar refractivity (Wildman–Crippen MR) is 225 cm³/mol. The zero-order valence-electron chi connectivity index (χ0n) is 34.0. The second-order valence-corrected chi connectivity index (χ2v) is 30.0. The Labute approximate surface area is 332 Å². The standard InChI is InChI=1S/C39H59Cl2N7O4Si2/c1-38(2,3)52-37(49)43-25-20-26-12-13-27(21-25)48(26)31-22-42-34-29(23-46(36(34)44-31)24-50-18-19-53(7,8)9)28-14-15-30-32(33(28)40)35(41)47(45-30)16-17-51-54(10,11)39(4,5)6/h14-15,22-23,25-27H,12-13,16-21,24H2,1-11H3,(H,43,49). The van der Waals surface area contributed by atoms with Gasteiger partial charge in [-0.2, -0.15) is 5.10 Å². The first-order chi connectivity index (χ1) is 25.1. The van der Waals surface area contributed by atoms with Gasteiger partial charge in [-0.15, -0.1) is 0 Å². The van der Waals surface area contributed by atoms with Crippen molar-refractivity contribution in [3.8, 4) is 11.1 Å². The smallest absolute Gasteiger partial charge is 0.407 e. The molecular weight excluding hydrogens is 758 g/mol. The molecule has 4 aromatic rings. The summed E-state index contributed by atoms with van der Waals surface area (Å²) in [6.45, 7) is 26.0. The van der Waals surface area contributed by atoms with Gasteiger partial charge in [-0.1, -0.05) is 69.7 Å². The van der Waals surface area contributed by atoms with E-state index >= 15 is 0 Å². The molecule has 3 aromatic heterocycles. The lowest BCUT2D eigenvalue weighted by Crippen LogP contribution is -2.51. The van der Waals surface area contributed by atoms with Crippen LogP contribution in [0.15, 0.2) is 24.5 Å². The number of fused-ring (bicyclic) bond motifs is 4. The van der Waals surface area contributed by atoms with Crippen molar-refractivity contribution in [1.29, 1.82) is 0 Å². The van der Waals surface area contributed by atoms with Crippen molar-refractivity contribution >= 4 is 73.6 Å². The average molecular weight is 817 g/mol. The van der Waals surface area contributed by atoms with Gasteiger partial charge in [0.15, 0.2) is 14.0 Å². The zero-order valence-corrected chi connectivity index (χ0v) is 37.5. The van der Waals surface area contributed by atoms with Crippen molar-refractivity contribution in [2.24, 2.45) is 0 Å². The fourth-order valence-electron chi connectivity index (χ4n) is 7.25. The first kappa shape index (κ1) is 41.0. The highest BCUT2D eigenvalue weighted by molar-refractivity contribution is 6.76. The van der Waals surface area contributed by atoms with Crippen LogP contribution in [0.2, 0.25) is 54.0 Å². The number of halogens is 2. The molecule has 0 saturated carbocycles. The molecule has 54 heavy (non-hydrogen) atoms. The number of hydrogen-bond donors (Lipinski definition) is 1. The maximum atomic E-state index is 12.6. The van der Waals surface area contributed by atoms with Gasteiger partial charge < -0.3 is 28.7 Å². The van der Waals surface area contributed by atoms with Crippen LogP contribution in [0.5, 0.6) is 0 Å². The Balaban J connectivity index is 1.29. The Morgan fingerprint density at radius 1 is 0.981 bits per heavy atom. The molecule has 1 amide bonds. The number of hydrogen-bond acceptors (Lipinski definition) is 8. The Morgan fingerprint density at radius 2 is 1.67 bits per heavy atom. The number of nitrogens with zero attached hydrogens (tertiary/aromatic N) is 6. The van der Waals surface area contributed by atoms with E-state index in [0.717, 1.165) is 65.4 Å². The SMILES string of the molecule is CC(C)(C)OC(=O)NC1CC2CCC(C1)N2c1cnc2c(-c3ccc4nn(CCO[Si](C)(C)C(C)(C)C)c(Cl)c4c3Cl)cn(COCC[Si](C)(C)C)c2n1. The van der Waals surface area contributed by atoms with Gasteiger partial charge in [0.1, 0.15) is 28.8 Å². The molecular formula is C39H59Cl2N7O4Si2. The Morgan fingerprint density at radius 3 is 2.30 bits per heavy atom. The molecule has 5 heterocycles. The molecule has 0 spiro atoms. The summed E-state index contributed by atoms with van der Waals surface area (Å²) in [6.07, 6.45) is 7.30.